The number of hydrogen-bond donors (Lipinski definition) is 1. The van der Waals surface area contributed by atoms with Crippen molar-refractivity contribution in [2.24, 2.45) is 10.9 Å². The number of H-pyrrole nitrogens is 1. The predicted molar refractivity (Wildman–Crippen MR) is 126 cm³/mol. The Morgan fingerprint density at radius 1 is 1.23 bits per heavy atom. The van der Waals surface area contributed by atoms with Crippen molar-refractivity contribution in [3.63, 3.8) is 0 Å². The molecule has 1 aromatic carbocycles. The third-order valence-electron chi connectivity index (χ3n) is 6.13. The SMILES string of the molecule is C/C=C1\[C@H]2C=C(C)C[C@]1(N=CC=Cc1cccc(N(C)C)c1)c1ccc(=O)[nH]c1C2. The smallest absolute Gasteiger partial charge is 0.248 e. The maximum absolute atomic E-state index is 11.9. The Kier molecular flexibility index (Phi) is 5.33. The van der Waals surface area contributed by atoms with Gasteiger partial charge < -0.3 is 9.88 Å². The molecule has 0 spiro atoms. The van der Waals surface area contributed by atoms with Gasteiger partial charge in [0.15, 0.2) is 0 Å². The van der Waals surface area contributed by atoms with Gasteiger partial charge in [0, 0.05) is 55.7 Å². The van der Waals surface area contributed by atoms with Crippen molar-refractivity contribution in [2.45, 2.75) is 32.2 Å². The highest BCUT2D eigenvalue weighted by Gasteiger charge is 2.46. The quantitative estimate of drug-likeness (QED) is 0.588. The summed E-state index contributed by atoms with van der Waals surface area (Å²) in [4.78, 5) is 22.2. The molecule has 0 saturated carbocycles. The molecule has 2 bridgehead atoms. The van der Waals surface area contributed by atoms with Gasteiger partial charge in [-0.3, -0.25) is 9.79 Å². The van der Waals surface area contributed by atoms with E-state index >= 15 is 0 Å². The summed E-state index contributed by atoms with van der Waals surface area (Å²) >= 11 is 0. The van der Waals surface area contributed by atoms with E-state index in [9.17, 15) is 4.79 Å². The monoisotopic (exact) mass is 399 g/mol. The van der Waals surface area contributed by atoms with Crippen molar-refractivity contribution in [2.75, 3.05) is 19.0 Å². The average molecular weight is 400 g/mol. The summed E-state index contributed by atoms with van der Waals surface area (Å²) in [5.74, 6) is 0.284. The number of fused-ring (bicyclic) bond motifs is 4. The van der Waals surface area contributed by atoms with Gasteiger partial charge in [-0.1, -0.05) is 35.9 Å². The maximum atomic E-state index is 11.9. The van der Waals surface area contributed by atoms with Gasteiger partial charge in [-0.15, -0.1) is 0 Å². The summed E-state index contributed by atoms with van der Waals surface area (Å²) < 4.78 is 0. The van der Waals surface area contributed by atoms with Crippen molar-refractivity contribution in [3.8, 4) is 0 Å². The van der Waals surface area contributed by atoms with E-state index in [0.29, 0.717) is 0 Å². The van der Waals surface area contributed by atoms with E-state index in [-0.39, 0.29) is 11.5 Å². The van der Waals surface area contributed by atoms with Gasteiger partial charge in [0.1, 0.15) is 5.54 Å². The highest BCUT2D eigenvalue weighted by molar-refractivity contribution is 5.80. The molecular formula is C26H29N3O. The van der Waals surface area contributed by atoms with Crippen molar-refractivity contribution < 1.29 is 0 Å². The standard InChI is InChI=1S/C26H29N3O/c1-5-22-20-14-18(2)17-26(22,23-11-12-25(30)28-24(23)16-20)27-13-7-9-19-8-6-10-21(15-19)29(3)4/h5-15,20H,16-17H2,1-4H3,(H,28,30)/b9-7?,22-5+,27-13?/t20-,26+/m0/s1. The number of benzene rings is 1. The fourth-order valence-corrected chi connectivity index (χ4v) is 4.88. The molecule has 4 heteroatoms. The summed E-state index contributed by atoms with van der Waals surface area (Å²) in [5, 5.41) is 0. The largest absolute Gasteiger partial charge is 0.378 e. The molecule has 154 valence electrons. The van der Waals surface area contributed by atoms with E-state index < -0.39 is 5.54 Å². The molecule has 0 radical (unpaired) electrons. The van der Waals surface area contributed by atoms with Crippen molar-refractivity contribution >= 4 is 18.0 Å². The van der Waals surface area contributed by atoms with Crippen molar-refractivity contribution in [1.82, 2.24) is 4.98 Å². The first-order valence-corrected chi connectivity index (χ1v) is 10.5. The Hall–Kier alpha value is -3.14. The van der Waals surface area contributed by atoms with Crippen LogP contribution < -0.4 is 10.5 Å². The number of aromatic amines is 1. The highest BCUT2D eigenvalue weighted by Crippen LogP contribution is 2.51. The maximum Gasteiger partial charge on any atom is 0.248 e. The first-order valence-electron chi connectivity index (χ1n) is 10.5. The second kappa shape index (κ2) is 7.94. The Bertz CT molecular complexity index is 1130. The van der Waals surface area contributed by atoms with E-state index in [1.165, 1.54) is 16.8 Å². The van der Waals surface area contributed by atoms with Crippen LogP contribution in [0.15, 0.2) is 75.6 Å². The summed E-state index contributed by atoms with van der Waals surface area (Å²) in [7, 11) is 4.09. The summed E-state index contributed by atoms with van der Waals surface area (Å²) in [6, 6.07) is 12.0. The number of rotatable bonds is 4. The summed E-state index contributed by atoms with van der Waals surface area (Å²) in [6.45, 7) is 4.28. The topological polar surface area (TPSA) is 48.5 Å². The fourth-order valence-electron chi connectivity index (χ4n) is 4.88. The molecule has 0 fully saturated rings. The minimum absolute atomic E-state index is 0.0451. The van der Waals surface area contributed by atoms with E-state index in [1.807, 2.05) is 32.5 Å². The number of pyridine rings is 1. The van der Waals surface area contributed by atoms with E-state index in [0.717, 1.165) is 29.7 Å². The second-order valence-corrected chi connectivity index (χ2v) is 8.45. The van der Waals surface area contributed by atoms with Gasteiger partial charge in [-0.2, -0.15) is 0 Å². The predicted octanol–water partition coefficient (Wildman–Crippen LogP) is 4.89. The van der Waals surface area contributed by atoms with Crippen LogP contribution in [0.1, 0.15) is 37.1 Å². The number of nitrogens with one attached hydrogen (secondary N) is 1. The Morgan fingerprint density at radius 2 is 2.07 bits per heavy atom. The minimum Gasteiger partial charge on any atom is -0.378 e. The van der Waals surface area contributed by atoms with Gasteiger partial charge in [-0.25, -0.2) is 0 Å². The van der Waals surface area contributed by atoms with Crippen LogP contribution in [0.4, 0.5) is 5.69 Å². The molecule has 2 atom stereocenters. The van der Waals surface area contributed by atoms with Crippen LogP contribution in [0, 0.1) is 5.92 Å². The van der Waals surface area contributed by atoms with Gasteiger partial charge in [-0.05, 0) is 55.7 Å². The lowest BCUT2D eigenvalue weighted by atomic mass is 9.63. The average Bonchev–Trinajstić information content (AvgIpc) is 2.70. The molecule has 0 aliphatic heterocycles. The Labute approximate surface area is 178 Å². The fraction of sp³-hybridized carbons (Fsp3) is 0.308. The minimum atomic E-state index is -0.439. The number of aliphatic imine (C=N–C) groups is 1. The molecule has 2 aliphatic carbocycles. The summed E-state index contributed by atoms with van der Waals surface area (Å²) in [5.41, 5.74) is 6.64. The lowest BCUT2D eigenvalue weighted by Crippen LogP contribution is -2.40. The zero-order chi connectivity index (χ0) is 21.3. The van der Waals surface area contributed by atoms with Gasteiger partial charge in [0.25, 0.3) is 0 Å². The van der Waals surface area contributed by atoms with Gasteiger partial charge in [0.2, 0.25) is 5.56 Å². The molecule has 0 saturated heterocycles. The first kappa shape index (κ1) is 20.1. The molecule has 1 N–H and O–H groups in total. The van der Waals surface area contributed by atoms with Gasteiger partial charge in [0.05, 0.1) is 0 Å². The lowest BCUT2D eigenvalue weighted by molar-refractivity contribution is 0.413. The van der Waals surface area contributed by atoms with Crippen LogP contribution in [0.3, 0.4) is 0 Å². The van der Waals surface area contributed by atoms with E-state index in [2.05, 4.69) is 66.2 Å². The zero-order valence-corrected chi connectivity index (χ0v) is 18.1. The molecular weight excluding hydrogens is 370 g/mol. The zero-order valence-electron chi connectivity index (χ0n) is 18.1. The Morgan fingerprint density at radius 3 is 2.83 bits per heavy atom. The Balaban J connectivity index is 1.73. The first-order chi connectivity index (χ1) is 14.4. The van der Waals surface area contributed by atoms with Crippen LogP contribution in [0.25, 0.3) is 6.08 Å². The van der Waals surface area contributed by atoms with E-state index in [4.69, 9.17) is 4.99 Å². The highest BCUT2D eigenvalue weighted by atomic mass is 16.1. The van der Waals surface area contributed by atoms with Gasteiger partial charge >= 0.3 is 0 Å². The third kappa shape index (κ3) is 3.58. The molecule has 0 amide bonds. The molecule has 2 aromatic rings. The number of anilines is 1. The molecule has 4 nitrogen and oxygen atoms in total. The lowest BCUT2D eigenvalue weighted by Gasteiger charge is -2.45. The van der Waals surface area contributed by atoms with Crippen molar-refractivity contribution in [3.05, 3.63) is 92.9 Å². The molecule has 1 heterocycles. The normalized spacial score (nSPS) is 24.3. The van der Waals surface area contributed by atoms with Crippen molar-refractivity contribution in [1.29, 1.82) is 0 Å². The van der Waals surface area contributed by atoms with Crippen LogP contribution in [-0.2, 0) is 12.0 Å². The molecule has 4 rings (SSSR count). The third-order valence-corrected chi connectivity index (χ3v) is 6.13. The van der Waals surface area contributed by atoms with Crippen LogP contribution in [0.2, 0.25) is 0 Å². The molecule has 0 unspecified atom stereocenters. The van der Waals surface area contributed by atoms with Crippen LogP contribution >= 0.6 is 0 Å². The molecule has 30 heavy (non-hydrogen) atoms. The second-order valence-electron chi connectivity index (χ2n) is 8.45. The number of aromatic nitrogens is 1. The molecule has 2 aliphatic rings. The van der Waals surface area contributed by atoms with Crippen LogP contribution in [0.5, 0.6) is 0 Å². The number of allylic oxidation sites excluding steroid dienone is 3. The van der Waals surface area contributed by atoms with Crippen LogP contribution in [-0.4, -0.2) is 25.3 Å². The summed E-state index contributed by atoms with van der Waals surface area (Å²) in [6.07, 6.45) is 12.2. The number of nitrogens with zero attached hydrogens (tertiary/aromatic N) is 2. The molecule has 1 aromatic heterocycles. The number of hydrogen-bond acceptors (Lipinski definition) is 3. The van der Waals surface area contributed by atoms with E-state index in [1.54, 1.807) is 6.07 Å².